The van der Waals surface area contributed by atoms with Crippen LogP contribution >= 0.6 is 24.0 Å². The molecule has 100 valence electrons. The number of hydrogen-bond acceptors (Lipinski definition) is 6. The van der Waals surface area contributed by atoms with Crippen molar-refractivity contribution in [1.29, 1.82) is 0 Å². The van der Waals surface area contributed by atoms with Crippen LogP contribution in [0.2, 0.25) is 0 Å². The van der Waals surface area contributed by atoms with Gasteiger partial charge in [0.05, 0.1) is 26.2 Å². The van der Waals surface area contributed by atoms with E-state index in [4.69, 9.17) is 21.7 Å². The predicted octanol–water partition coefficient (Wildman–Crippen LogP) is 1.90. The van der Waals surface area contributed by atoms with Crippen molar-refractivity contribution in [3.05, 3.63) is 23.8 Å². The minimum absolute atomic E-state index is 0.117. The Morgan fingerprint density at radius 1 is 1.42 bits per heavy atom. The van der Waals surface area contributed by atoms with Crippen molar-refractivity contribution in [3.8, 4) is 11.5 Å². The largest absolute Gasteiger partial charge is 0.493 e. The molecule has 1 aliphatic heterocycles. The lowest BCUT2D eigenvalue weighted by Crippen LogP contribution is -2.22. The third-order valence-electron chi connectivity index (χ3n) is 2.47. The first-order valence-electron chi connectivity index (χ1n) is 5.42. The topological polar surface area (TPSA) is 51.1 Å². The van der Waals surface area contributed by atoms with Gasteiger partial charge < -0.3 is 9.47 Å². The number of amides is 1. The Labute approximate surface area is 120 Å². The highest BCUT2D eigenvalue weighted by Gasteiger charge is 2.26. The third kappa shape index (κ3) is 2.87. The fourth-order valence-electron chi connectivity index (χ4n) is 1.59. The van der Waals surface area contributed by atoms with Gasteiger partial charge in [-0.3, -0.25) is 4.79 Å². The predicted molar refractivity (Wildman–Crippen MR) is 79.0 cm³/mol. The van der Waals surface area contributed by atoms with Gasteiger partial charge in [-0.05, 0) is 12.1 Å². The summed E-state index contributed by atoms with van der Waals surface area (Å²) in [6.45, 7) is 0. The molecule has 1 heterocycles. The molecule has 19 heavy (non-hydrogen) atoms. The first-order valence-corrected chi connectivity index (χ1v) is 6.81. The Balaban J connectivity index is 2.28. The van der Waals surface area contributed by atoms with E-state index in [1.807, 2.05) is 12.1 Å². The summed E-state index contributed by atoms with van der Waals surface area (Å²) in [7, 11) is 3.12. The monoisotopic (exact) mass is 296 g/mol. The highest BCUT2D eigenvalue weighted by atomic mass is 32.2. The van der Waals surface area contributed by atoms with Crippen LogP contribution in [0.4, 0.5) is 0 Å². The van der Waals surface area contributed by atoms with Crippen LogP contribution in [-0.2, 0) is 4.79 Å². The van der Waals surface area contributed by atoms with E-state index in [-0.39, 0.29) is 5.91 Å². The molecule has 0 N–H and O–H groups in total. The Hall–Kier alpha value is -1.60. The lowest BCUT2D eigenvalue weighted by atomic mass is 10.2. The highest BCUT2D eigenvalue weighted by Crippen LogP contribution is 2.29. The number of hydrazone groups is 1. The third-order valence-corrected chi connectivity index (χ3v) is 3.81. The van der Waals surface area contributed by atoms with Crippen LogP contribution in [-0.4, -0.2) is 41.4 Å². The average molecular weight is 296 g/mol. The maximum atomic E-state index is 11.5. The van der Waals surface area contributed by atoms with Crippen LogP contribution in [0.15, 0.2) is 23.3 Å². The average Bonchev–Trinajstić information content (AvgIpc) is 2.75. The maximum absolute atomic E-state index is 11.5. The molecule has 0 atom stereocenters. The Kier molecular flexibility index (Phi) is 4.39. The van der Waals surface area contributed by atoms with Crippen LogP contribution in [0.1, 0.15) is 5.56 Å². The second-order valence-electron chi connectivity index (χ2n) is 3.59. The van der Waals surface area contributed by atoms with Crippen LogP contribution in [0.5, 0.6) is 11.5 Å². The van der Waals surface area contributed by atoms with Gasteiger partial charge in [-0.1, -0.05) is 30.0 Å². The van der Waals surface area contributed by atoms with Gasteiger partial charge >= 0.3 is 0 Å². The highest BCUT2D eigenvalue weighted by molar-refractivity contribution is 8.23. The number of nitrogens with zero attached hydrogens (tertiary/aromatic N) is 2. The number of thioether (sulfide) groups is 1. The van der Waals surface area contributed by atoms with Gasteiger partial charge in [0, 0.05) is 5.56 Å². The minimum Gasteiger partial charge on any atom is -0.493 e. The molecule has 0 radical (unpaired) electrons. The van der Waals surface area contributed by atoms with E-state index in [0.717, 1.165) is 0 Å². The van der Waals surface area contributed by atoms with Gasteiger partial charge in [-0.15, -0.1) is 0 Å². The Bertz CT molecular complexity index is 530. The van der Waals surface area contributed by atoms with E-state index in [1.54, 1.807) is 20.3 Å². The molecule has 1 aromatic carbocycles. The van der Waals surface area contributed by atoms with E-state index in [0.29, 0.717) is 27.1 Å². The van der Waals surface area contributed by atoms with Crippen LogP contribution in [0.25, 0.3) is 0 Å². The molecule has 2 rings (SSSR count). The van der Waals surface area contributed by atoms with Gasteiger partial charge in [-0.2, -0.15) is 10.1 Å². The lowest BCUT2D eigenvalue weighted by molar-refractivity contribution is -0.123. The van der Waals surface area contributed by atoms with E-state index >= 15 is 0 Å². The van der Waals surface area contributed by atoms with Crippen LogP contribution in [0, 0.1) is 0 Å². The van der Waals surface area contributed by atoms with Crippen molar-refractivity contribution >= 4 is 40.4 Å². The zero-order chi connectivity index (χ0) is 13.8. The number of thiocarbonyl (C=S) groups is 1. The molecule has 1 saturated heterocycles. The summed E-state index contributed by atoms with van der Waals surface area (Å²) in [5, 5.41) is 5.32. The molecule has 0 aromatic heterocycles. The number of methoxy groups -OCH3 is 2. The molecule has 0 saturated carbocycles. The minimum atomic E-state index is -0.117. The van der Waals surface area contributed by atoms with Crippen molar-refractivity contribution in [2.24, 2.45) is 5.10 Å². The Morgan fingerprint density at radius 3 is 2.79 bits per heavy atom. The quantitative estimate of drug-likeness (QED) is 0.627. The molecule has 1 aromatic rings. The van der Waals surface area contributed by atoms with E-state index < -0.39 is 0 Å². The Morgan fingerprint density at radius 2 is 2.21 bits per heavy atom. The van der Waals surface area contributed by atoms with Gasteiger partial charge in [-0.25, -0.2) is 0 Å². The summed E-state index contributed by atoms with van der Waals surface area (Å²) in [5.41, 5.74) is 0.717. The van der Waals surface area contributed by atoms with Gasteiger partial charge in [0.15, 0.2) is 15.8 Å². The molecule has 7 heteroatoms. The normalized spacial score (nSPS) is 15.4. The molecule has 0 spiro atoms. The second kappa shape index (κ2) is 6.03. The second-order valence-corrected chi connectivity index (χ2v) is 5.20. The summed E-state index contributed by atoms with van der Waals surface area (Å²) in [5.74, 6) is 1.40. The molecule has 1 fully saturated rings. The van der Waals surface area contributed by atoms with E-state index in [2.05, 4.69) is 5.10 Å². The number of carbonyl (C=O) groups excluding carboxylic acids is 1. The number of hydrogen-bond donors (Lipinski definition) is 0. The maximum Gasteiger partial charge on any atom is 0.259 e. The van der Waals surface area contributed by atoms with E-state index in [1.165, 1.54) is 23.0 Å². The first-order chi connectivity index (χ1) is 9.17. The summed E-state index contributed by atoms with van der Waals surface area (Å²) < 4.78 is 10.9. The molecule has 0 bridgehead atoms. The van der Waals surface area contributed by atoms with Crippen molar-refractivity contribution in [3.63, 3.8) is 0 Å². The molecular formula is C12H12N2O3S2. The molecule has 1 aliphatic rings. The van der Waals surface area contributed by atoms with Crippen LogP contribution < -0.4 is 9.47 Å². The fraction of sp³-hybridized carbons (Fsp3) is 0.250. The fourth-order valence-corrected chi connectivity index (χ4v) is 2.56. The molecule has 1 amide bonds. The molecule has 5 nitrogen and oxygen atoms in total. The summed E-state index contributed by atoms with van der Waals surface area (Å²) in [4.78, 5) is 11.5. The standard InChI is InChI=1S/C12H12N2O3S2/c1-16-9-5-3-4-8(11(9)17-2)6-13-14-10(15)7-19-12(14)18/h3-6H,7H2,1-2H3/b13-6-. The van der Waals surface area contributed by atoms with Crippen LogP contribution in [0.3, 0.4) is 0 Å². The summed E-state index contributed by atoms with van der Waals surface area (Å²) in [6.07, 6.45) is 1.54. The number of rotatable bonds is 4. The molecule has 0 aliphatic carbocycles. The molecule has 0 unspecified atom stereocenters. The van der Waals surface area contributed by atoms with Gasteiger partial charge in [0.25, 0.3) is 5.91 Å². The molecular weight excluding hydrogens is 284 g/mol. The number of carbonyl (C=O) groups is 1. The van der Waals surface area contributed by atoms with Crippen molar-refractivity contribution in [1.82, 2.24) is 5.01 Å². The van der Waals surface area contributed by atoms with Gasteiger partial charge in [0.1, 0.15) is 0 Å². The lowest BCUT2D eigenvalue weighted by Gasteiger charge is -2.11. The zero-order valence-electron chi connectivity index (χ0n) is 10.5. The van der Waals surface area contributed by atoms with Crippen molar-refractivity contribution < 1.29 is 14.3 Å². The number of benzene rings is 1. The summed E-state index contributed by atoms with van der Waals surface area (Å²) in [6, 6.07) is 5.43. The number of ether oxygens (including phenoxy) is 2. The smallest absolute Gasteiger partial charge is 0.259 e. The SMILES string of the molecule is COc1cccc(/C=N\N2C(=O)CSC2=S)c1OC. The summed E-state index contributed by atoms with van der Waals surface area (Å²) >= 11 is 6.35. The zero-order valence-corrected chi connectivity index (χ0v) is 12.1. The van der Waals surface area contributed by atoms with E-state index in [9.17, 15) is 4.79 Å². The van der Waals surface area contributed by atoms with Crippen molar-refractivity contribution in [2.75, 3.05) is 20.0 Å². The number of para-hydroxylation sites is 1. The van der Waals surface area contributed by atoms with Gasteiger partial charge in [0.2, 0.25) is 0 Å². The first kappa shape index (κ1) is 13.8. The van der Waals surface area contributed by atoms with Crippen molar-refractivity contribution in [2.45, 2.75) is 0 Å².